The molecule has 3 rings (SSSR count). The third-order valence-corrected chi connectivity index (χ3v) is 6.42. The molecule has 0 bridgehead atoms. The lowest BCUT2D eigenvalue weighted by Gasteiger charge is -2.35. The predicted molar refractivity (Wildman–Crippen MR) is 113 cm³/mol. The molecule has 1 aliphatic carbocycles. The molecule has 1 aliphatic heterocycles. The summed E-state index contributed by atoms with van der Waals surface area (Å²) in [6.07, 6.45) is 10.3. The van der Waals surface area contributed by atoms with Crippen molar-refractivity contribution in [3.8, 4) is 0 Å². The summed E-state index contributed by atoms with van der Waals surface area (Å²) in [6.45, 7) is 3.89. The molecule has 1 aromatic rings. The molecule has 0 N–H and O–H groups in total. The van der Waals surface area contributed by atoms with Crippen LogP contribution in [0.5, 0.6) is 0 Å². The number of alkyl halides is 1. The highest BCUT2D eigenvalue weighted by Gasteiger charge is 2.31. The molecule has 2 aliphatic rings. The van der Waals surface area contributed by atoms with Crippen LogP contribution in [0.3, 0.4) is 0 Å². The van der Waals surface area contributed by atoms with Crippen LogP contribution in [0.1, 0.15) is 30.9 Å². The second-order valence-corrected chi connectivity index (χ2v) is 8.77. The Morgan fingerprint density at radius 2 is 1.84 bits per heavy atom. The minimum absolute atomic E-state index is 0.185. The van der Waals surface area contributed by atoms with Crippen LogP contribution in [0, 0.1) is 11.8 Å². The lowest BCUT2D eigenvalue weighted by molar-refractivity contribution is -0.135. The summed E-state index contributed by atoms with van der Waals surface area (Å²) in [4.78, 5) is 14.8. The summed E-state index contributed by atoms with van der Waals surface area (Å²) in [7, 11) is 0. The zero-order chi connectivity index (χ0) is 17.8. The van der Waals surface area contributed by atoms with E-state index in [9.17, 15) is 4.79 Å². The molecule has 134 valence electrons. The SMILES string of the molecule is CCc1ccc(CC2CCN(C(=O)C3C=C(I)C=CC3Cl)CC2)cc1. The van der Waals surface area contributed by atoms with Crippen LogP contribution in [-0.4, -0.2) is 29.3 Å². The van der Waals surface area contributed by atoms with Gasteiger partial charge in [-0.05, 0) is 65.3 Å². The Kier molecular flexibility index (Phi) is 6.61. The lowest BCUT2D eigenvalue weighted by atomic mass is 9.89. The van der Waals surface area contributed by atoms with Crippen molar-refractivity contribution >= 4 is 40.1 Å². The molecule has 1 amide bonds. The Labute approximate surface area is 169 Å². The largest absolute Gasteiger partial charge is 0.342 e. The van der Waals surface area contributed by atoms with Gasteiger partial charge in [-0.25, -0.2) is 0 Å². The fraction of sp³-hybridized carbons (Fsp3) is 0.476. The first kappa shape index (κ1) is 19.0. The number of amides is 1. The van der Waals surface area contributed by atoms with E-state index in [1.165, 1.54) is 11.1 Å². The second-order valence-electron chi connectivity index (χ2n) is 7.02. The zero-order valence-corrected chi connectivity index (χ0v) is 17.5. The van der Waals surface area contributed by atoms with Gasteiger partial charge < -0.3 is 4.90 Å². The van der Waals surface area contributed by atoms with Gasteiger partial charge in [0.1, 0.15) is 0 Å². The van der Waals surface area contributed by atoms with E-state index in [0.29, 0.717) is 5.92 Å². The maximum Gasteiger partial charge on any atom is 0.231 e. The maximum atomic E-state index is 12.8. The number of hydrogen-bond donors (Lipinski definition) is 0. The van der Waals surface area contributed by atoms with Crippen LogP contribution in [0.4, 0.5) is 0 Å². The number of nitrogens with zero attached hydrogens (tertiary/aromatic N) is 1. The highest BCUT2D eigenvalue weighted by Crippen LogP contribution is 2.29. The van der Waals surface area contributed by atoms with E-state index in [4.69, 9.17) is 11.6 Å². The van der Waals surface area contributed by atoms with Crippen molar-refractivity contribution in [2.75, 3.05) is 13.1 Å². The molecule has 0 aromatic heterocycles. The Morgan fingerprint density at radius 3 is 2.48 bits per heavy atom. The number of hydrogen-bond acceptors (Lipinski definition) is 1. The molecule has 4 heteroatoms. The van der Waals surface area contributed by atoms with Crippen LogP contribution in [0.25, 0.3) is 0 Å². The third kappa shape index (κ3) is 4.88. The number of likely N-dealkylation sites (tertiary alicyclic amines) is 1. The van der Waals surface area contributed by atoms with E-state index in [-0.39, 0.29) is 17.2 Å². The van der Waals surface area contributed by atoms with E-state index in [2.05, 4.69) is 53.8 Å². The number of benzene rings is 1. The van der Waals surface area contributed by atoms with Crippen LogP contribution in [-0.2, 0) is 17.6 Å². The third-order valence-electron chi connectivity index (χ3n) is 5.29. The normalized spacial score (nSPS) is 24.3. The predicted octanol–water partition coefficient (Wildman–Crippen LogP) is 5.14. The van der Waals surface area contributed by atoms with Crippen molar-refractivity contribution in [1.82, 2.24) is 4.90 Å². The topological polar surface area (TPSA) is 20.3 Å². The first-order valence-electron chi connectivity index (χ1n) is 9.13. The monoisotopic (exact) mass is 469 g/mol. The molecule has 1 saturated heterocycles. The van der Waals surface area contributed by atoms with Crippen molar-refractivity contribution in [2.24, 2.45) is 11.8 Å². The molecule has 1 fully saturated rings. The zero-order valence-electron chi connectivity index (χ0n) is 14.6. The minimum Gasteiger partial charge on any atom is -0.342 e. The number of rotatable bonds is 4. The van der Waals surface area contributed by atoms with Gasteiger partial charge in [0, 0.05) is 16.7 Å². The van der Waals surface area contributed by atoms with Crippen LogP contribution >= 0.6 is 34.2 Å². The lowest BCUT2D eigenvalue weighted by Crippen LogP contribution is -2.43. The first-order valence-corrected chi connectivity index (χ1v) is 10.6. The number of halogens is 2. The van der Waals surface area contributed by atoms with Gasteiger partial charge in [-0.1, -0.05) is 49.4 Å². The summed E-state index contributed by atoms with van der Waals surface area (Å²) in [5.74, 6) is 0.645. The molecule has 25 heavy (non-hydrogen) atoms. The molecule has 1 heterocycles. The van der Waals surface area contributed by atoms with Gasteiger partial charge in [0.2, 0.25) is 5.91 Å². The van der Waals surface area contributed by atoms with E-state index in [1.807, 2.05) is 23.1 Å². The van der Waals surface area contributed by atoms with E-state index in [0.717, 1.165) is 42.4 Å². The first-order chi connectivity index (χ1) is 12.1. The number of carbonyl (C=O) groups excluding carboxylic acids is 1. The highest BCUT2D eigenvalue weighted by atomic mass is 127. The van der Waals surface area contributed by atoms with Crippen molar-refractivity contribution in [3.05, 3.63) is 57.2 Å². The number of allylic oxidation sites excluding steroid dienone is 3. The van der Waals surface area contributed by atoms with Crippen molar-refractivity contribution < 1.29 is 4.79 Å². The number of piperidine rings is 1. The summed E-state index contributed by atoms with van der Waals surface area (Å²) < 4.78 is 1.10. The molecular formula is C21H25ClINO. The van der Waals surface area contributed by atoms with Gasteiger partial charge in [-0.15, -0.1) is 11.6 Å². The van der Waals surface area contributed by atoms with Gasteiger partial charge in [0.15, 0.2) is 0 Å². The quantitative estimate of drug-likeness (QED) is 0.441. The smallest absolute Gasteiger partial charge is 0.231 e. The van der Waals surface area contributed by atoms with Gasteiger partial charge in [0.05, 0.1) is 11.3 Å². The number of carbonyl (C=O) groups is 1. The van der Waals surface area contributed by atoms with Crippen LogP contribution in [0.15, 0.2) is 46.1 Å². The Morgan fingerprint density at radius 1 is 1.20 bits per heavy atom. The number of aryl methyl sites for hydroxylation is 1. The average Bonchev–Trinajstić information content (AvgIpc) is 2.64. The standard InChI is InChI=1S/C21H25ClINO/c1-2-15-3-5-16(6-4-15)13-17-9-11-24(12-10-17)21(25)19-14-18(23)7-8-20(19)22/h3-8,14,17,19-20H,2,9-13H2,1H3. The second kappa shape index (κ2) is 8.72. The van der Waals surface area contributed by atoms with Gasteiger partial charge in [-0.2, -0.15) is 0 Å². The maximum absolute atomic E-state index is 12.8. The molecular weight excluding hydrogens is 445 g/mol. The van der Waals surface area contributed by atoms with Crippen molar-refractivity contribution in [1.29, 1.82) is 0 Å². The molecule has 2 atom stereocenters. The van der Waals surface area contributed by atoms with E-state index in [1.54, 1.807) is 0 Å². The molecule has 2 unspecified atom stereocenters. The fourth-order valence-electron chi connectivity index (χ4n) is 3.64. The average molecular weight is 470 g/mol. The van der Waals surface area contributed by atoms with Crippen LogP contribution in [0.2, 0.25) is 0 Å². The summed E-state index contributed by atoms with van der Waals surface area (Å²) in [5, 5.41) is -0.221. The summed E-state index contributed by atoms with van der Waals surface area (Å²) in [6, 6.07) is 8.99. The van der Waals surface area contributed by atoms with Crippen molar-refractivity contribution in [3.63, 3.8) is 0 Å². The van der Waals surface area contributed by atoms with Gasteiger partial charge >= 0.3 is 0 Å². The molecule has 1 aromatic carbocycles. The van der Waals surface area contributed by atoms with E-state index >= 15 is 0 Å². The minimum atomic E-state index is -0.221. The molecule has 2 nitrogen and oxygen atoms in total. The Hall–Kier alpha value is -0.810. The van der Waals surface area contributed by atoms with Gasteiger partial charge in [0.25, 0.3) is 0 Å². The highest BCUT2D eigenvalue weighted by molar-refractivity contribution is 14.1. The van der Waals surface area contributed by atoms with Crippen molar-refractivity contribution in [2.45, 2.75) is 38.0 Å². The molecule has 0 saturated carbocycles. The van der Waals surface area contributed by atoms with Crippen LogP contribution < -0.4 is 0 Å². The van der Waals surface area contributed by atoms with Gasteiger partial charge in [-0.3, -0.25) is 4.79 Å². The summed E-state index contributed by atoms with van der Waals surface area (Å²) >= 11 is 8.59. The Balaban J connectivity index is 1.52. The fourth-order valence-corrected chi connectivity index (χ4v) is 4.49. The Bertz CT molecular complexity index is 659. The van der Waals surface area contributed by atoms with E-state index < -0.39 is 0 Å². The summed E-state index contributed by atoms with van der Waals surface area (Å²) in [5.41, 5.74) is 2.81. The molecule has 0 radical (unpaired) electrons. The molecule has 0 spiro atoms.